The topological polar surface area (TPSA) is 86.7 Å². The molecule has 0 spiro atoms. The van der Waals surface area contributed by atoms with Gasteiger partial charge in [-0.3, -0.25) is 24.6 Å². The molecule has 0 aromatic heterocycles. The Labute approximate surface area is 178 Å². The number of rotatable bonds is 4. The maximum Gasteiger partial charge on any atom is 0.325 e. The van der Waals surface area contributed by atoms with Crippen molar-refractivity contribution >= 4 is 17.8 Å². The van der Waals surface area contributed by atoms with Crippen molar-refractivity contribution in [1.29, 1.82) is 0 Å². The van der Waals surface area contributed by atoms with Gasteiger partial charge >= 0.3 is 5.97 Å². The molecular weight excluding hydrogens is 380 g/mol. The molecule has 0 bridgehead atoms. The maximum atomic E-state index is 13.7. The fourth-order valence-corrected chi connectivity index (χ4v) is 6.00. The number of hydrogen-bond acceptors (Lipinski definition) is 4. The van der Waals surface area contributed by atoms with Crippen LogP contribution >= 0.6 is 0 Å². The normalized spacial score (nSPS) is 32.2. The molecule has 1 saturated carbocycles. The van der Waals surface area contributed by atoms with Crippen LogP contribution in [-0.4, -0.2) is 39.4 Å². The number of nitrogens with zero attached hydrogens (tertiary/aromatic N) is 1. The van der Waals surface area contributed by atoms with Gasteiger partial charge in [0.2, 0.25) is 11.8 Å². The molecule has 1 aromatic rings. The summed E-state index contributed by atoms with van der Waals surface area (Å²) in [4.78, 5) is 41.4. The summed E-state index contributed by atoms with van der Waals surface area (Å²) in [6, 6.07) is 5.44. The van der Waals surface area contributed by atoms with Crippen LogP contribution < -0.4 is 5.32 Å². The highest BCUT2D eigenvalue weighted by atomic mass is 16.4. The second kappa shape index (κ2) is 7.49. The van der Waals surface area contributed by atoms with Crippen molar-refractivity contribution in [2.75, 3.05) is 0 Å². The first-order valence-electron chi connectivity index (χ1n) is 11.1. The summed E-state index contributed by atoms with van der Waals surface area (Å²) in [5.41, 5.74) is 1.51. The van der Waals surface area contributed by atoms with Gasteiger partial charge in [0.05, 0.1) is 11.8 Å². The van der Waals surface area contributed by atoms with Crippen molar-refractivity contribution in [2.24, 2.45) is 17.8 Å². The number of benzene rings is 1. The largest absolute Gasteiger partial charge is 0.480 e. The van der Waals surface area contributed by atoms with E-state index in [0.717, 1.165) is 48.8 Å². The lowest BCUT2D eigenvalue weighted by Crippen LogP contribution is -2.59. The molecule has 2 heterocycles. The number of nitrogens with one attached hydrogen (secondary N) is 1. The predicted octanol–water partition coefficient (Wildman–Crippen LogP) is 3.36. The van der Waals surface area contributed by atoms with Crippen molar-refractivity contribution in [3.63, 3.8) is 0 Å². The van der Waals surface area contributed by atoms with E-state index in [1.165, 1.54) is 4.90 Å². The fourth-order valence-electron chi connectivity index (χ4n) is 6.00. The number of amides is 2. The minimum absolute atomic E-state index is 0.0951. The lowest BCUT2D eigenvalue weighted by atomic mass is 9.73. The number of aliphatic carboxylic acids is 1. The third-order valence-electron chi connectivity index (χ3n) is 7.60. The first-order valence-corrected chi connectivity index (χ1v) is 11.1. The van der Waals surface area contributed by atoms with Crippen LogP contribution in [0, 0.1) is 31.6 Å². The van der Waals surface area contributed by atoms with E-state index in [4.69, 9.17) is 0 Å². The number of imide groups is 1. The van der Waals surface area contributed by atoms with E-state index in [0.29, 0.717) is 0 Å². The third-order valence-corrected chi connectivity index (χ3v) is 7.60. The fraction of sp³-hybridized carbons (Fsp3) is 0.625. The Hall–Kier alpha value is -2.21. The molecule has 1 aliphatic carbocycles. The van der Waals surface area contributed by atoms with E-state index in [9.17, 15) is 19.5 Å². The minimum atomic E-state index is -1.46. The zero-order chi connectivity index (χ0) is 21.8. The van der Waals surface area contributed by atoms with E-state index in [1.54, 1.807) is 0 Å². The van der Waals surface area contributed by atoms with E-state index in [2.05, 4.69) is 5.32 Å². The molecule has 1 aromatic carbocycles. The van der Waals surface area contributed by atoms with Crippen molar-refractivity contribution in [2.45, 2.75) is 77.4 Å². The van der Waals surface area contributed by atoms with Gasteiger partial charge in [0.25, 0.3) is 0 Å². The van der Waals surface area contributed by atoms with Crippen LogP contribution in [-0.2, 0) is 14.4 Å². The highest BCUT2D eigenvalue weighted by molar-refractivity contribution is 6.09. The van der Waals surface area contributed by atoms with Gasteiger partial charge in [-0.05, 0) is 43.7 Å². The summed E-state index contributed by atoms with van der Waals surface area (Å²) >= 11 is 0. The first-order chi connectivity index (χ1) is 14.2. The Morgan fingerprint density at radius 1 is 1.13 bits per heavy atom. The molecule has 4 unspecified atom stereocenters. The Bertz CT molecular complexity index is 889. The second-order valence-electron chi connectivity index (χ2n) is 9.65. The van der Waals surface area contributed by atoms with E-state index in [-0.39, 0.29) is 23.8 Å². The first kappa shape index (κ1) is 21.0. The van der Waals surface area contributed by atoms with Gasteiger partial charge in [-0.15, -0.1) is 0 Å². The van der Waals surface area contributed by atoms with Crippen LogP contribution in [0.15, 0.2) is 18.2 Å². The Kier molecular flexibility index (Phi) is 5.25. The third kappa shape index (κ3) is 2.91. The molecule has 0 radical (unpaired) electrons. The molecule has 3 fully saturated rings. The van der Waals surface area contributed by atoms with E-state index < -0.39 is 29.4 Å². The number of likely N-dealkylation sites (tertiary alicyclic amines) is 1. The molecule has 162 valence electrons. The van der Waals surface area contributed by atoms with Crippen LogP contribution in [0.4, 0.5) is 0 Å². The van der Waals surface area contributed by atoms with Crippen LogP contribution in [0.5, 0.6) is 0 Å². The van der Waals surface area contributed by atoms with Gasteiger partial charge in [-0.1, -0.05) is 56.9 Å². The SMILES string of the molecule is Cc1ccc(C)c(C2NC(C(=O)O)(C(C)C)C3C(=O)N(C4CCCCC4)C(=O)C23)c1. The van der Waals surface area contributed by atoms with Gasteiger partial charge in [0.1, 0.15) is 5.54 Å². The summed E-state index contributed by atoms with van der Waals surface area (Å²) in [5, 5.41) is 13.6. The number of aryl methyl sites for hydroxylation is 2. The van der Waals surface area contributed by atoms with Crippen molar-refractivity contribution in [3.05, 3.63) is 34.9 Å². The number of carbonyl (C=O) groups excluding carboxylic acids is 2. The minimum Gasteiger partial charge on any atom is -0.480 e. The molecule has 2 saturated heterocycles. The van der Waals surface area contributed by atoms with Crippen molar-refractivity contribution in [3.8, 4) is 0 Å². The van der Waals surface area contributed by atoms with E-state index in [1.807, 2.05) is 45.9 Å². The summed E-state index contributed by atoms with van der Waals surface area (Å²) in [5.74, 6) is -3.45. The van der Waals surface area contributed by atoms with Gasteiger partial charge in [0, 0.05) is 12.1 Å². The lowest BCUT2D eigenvalue weighted by Gasteiger charge is -2.36. The summed E-state index contributed by atoms with van der Waals surface area (Å²) in [6.07, 6.45) is 4.77. The molecule has 6 heteroatoms. The summed E-state index contributed by atoms with van der Waals surface area (Å²) in [6.45, 7) is 7.61. The average Bonchev–Trinajstić information content (AvgIpc) is 3.19. The Morgan fingerprint density at radius 2 is 1.80 bits per heavy atom. The van der Waals surface area contributed by atoms with Gasteiger partial charge in [-0.25, -0.2) is 0 Å². The summed E-state index contributed by atoms with van der Waals surface area (Å²) < 4.78 is 0. The number of carboxylic acids is 1. The molecule has 3 aliphatic rings. The Balaban J connectivity index is 1.85. The van der Waals surface area contributed by atoms with Gasteiger partial charge < -0.3 is 5.11 Å². The predicted molar refractivity (Wildman–Crippen MR) is 113 cm³/mol. The van der Waals surface area contributed by atoms with Crippen molar-refractivity contribution in [1.82, 2.24) is 10.2 Å². The van der Waals surface area contributed by atoms with Crippen LogP contribution in [0.25, 0.3) is 0 Å². The molecule has 2 N–H and O–H groups in total. The lowest BCUT2D eigenvalue weighted by molar-refractivity contribution is -0.154. The van der Waals surface area contributed by atoms with Gasteiger partial charge in [0.15, 0.2) is 0 Å². The molecule has 4 atom stereocenters. The Morgan fingerprint density at radius 3 is 2.40 bits per heavy atom. The smallest absolute Gasteiger partial charge is 0.325 e. The summed E-state index contributed by atoms with van der Waals surface area (Å²) in [7, 11) is 0. The van der Waals surface area contributed by atoms with Crippen LogP contribution in [0.1, 0.15) is 68.7 Å². The number of carboxylic acid groups (broad SMARTS) is 1. The zero-order valence-electron chi connectivity index (χ0n) is 18.3. The second-order valence-corrected chi connectivity index (χ2v) is 9.65. The quantitative estimate of drug-likeness (QED) is 0.741. The zero-order valence-corrected chi connectivity index (χ0v) is 18.3. The average molecular weight is 413 g/mol. The molecule has 30 heavy (non-hydrogen) atoms. The number of hydrogen-bond donors (Lipinski definition) is 2. The van der Waals surface area contributed by atoms with Crippen LogP contribution in [0.2, 0.25) is 0 Å². The number of fused-ring (bicyclic) bond motifs is 1. The molecule has 2 aliphatic heterocycles. The van der Waals surface area contributed by atoms with Crippen molar-refractivity contribution < 1.29 is 19.5 Å². The number of carbonyl (C=O) groups is 3. The molecular formula is C24H32N2O4. The molecule has 4 rings (SSSR count). The monoisotopic (exact) mass is 412 g/mol. The standard InChI is InChI=1S/C24H32N2O4/c1-13(2)24(23(29)30)19-18(20(25-24)17-12-14(3)10-11-15(17)4)21(27)26(22(19)28)16-8-6-5-7-9-16/h10-13,16,18-20,25H,5-9H2,1-4H3,(H,29,30). The van der Waals surface area contributed by atoms with E-state index >= 15 is 0 Å². The molecule has 2 amide bonds. The highest BCUT2D eigenvalue weighted by Gasteiger charge is 2.70. The van der Waals surface area contributed by atoms with Gasteiger partial charge in [-0.2, -0.15) is 0 Å². The van der Waals surface area contributed by atoms with Crippen LogP contribution in [0.3, 0.4) is 0 Å². The maximum absolute atomic E-state index is 13.7. The highest BCUT2D eigenvalue weighted by Crippen LogP contribution is 2.52. The molecule has 6 nitrogen and oxygen atoms in total.